The molecular weight excluding hydrogens is 539 g/mol. The normalized spacial score (nSPS) is 13.4. The van der Waals surface area contributed by atoms with E-state index < -0.39 is 35.0 Å². The summed E-state index contributed by atoms with van der Waals surface area (Å²) in [5.74, 6) is 0. The second-order valence-electron chi connectivity index (χ2n) is 7.99. The quantitative estimate of drug-likeness (QED) is 0.105. The van der Waals surface area contributed by atoms with Crippen molar-refractivity contribution in [1.29, 1.82) is 0 Å². The zero-order chi connectivity index (χ0) is 27.6. The van der Waals surface area contributed by atoms with Crippen molar-refractivity contribution < 1.29 is 39.8 Å². The maximum Gasteiger partial charge on any atom is 0.500 e. The van der Waals surface area contributed by atoms with E-state index in [1.165, 1.54) is 0 Å². The molecule has 0 radical (unpaired) electrons. The maximum absolute atomic E-state index is 5.54. The topological polar surface area (TPSA) is 119 Å². The molecule has 0 fully saturated rings. The molecule has 0 aliphatic heterocycles. The fourth-order valence-corrected chi connectivity index (χ4v) is 11.5. The smallest absolute Gasteiger partial charge is 0.377 e. The third kappa shape index (κ3) is 11.5. The van der Waals surface area contributed by atoms with Gasteiger partial charge in [-0.3, -0.25) is 0 Å². The first-order valence-electron chi connectivity index (χ1n) is 12.1. The van der Waals surface area contributed by atoms with Crippen molar-refractivity contribution in [3.63, 3.8) is 0 Å². The van der Waals surface area contributed by atoms with Gasteiger partial charge in [0.05, 0.1) is 0 Å². The van der Waals surface area contributed by atoms with Crippen LogP contribution in [0.25, 0.3) is 0 Å². The van der Waals surface area contributed by atoms with Gasteiger partial charge in [0, 0.05) is 82.1 Å². The van der Waals surface area contributed by atoms with Gasteiger partial charge < -0.3 is 54.8 Å². The van der Waals surface area contributed by atoms with E-state index in [1.807, 2.05) is 5.70 Å². The molecule has 0 spiro atoms. The second-order valence-corrected chi connectivity index (χ2v) is 20.3. The number of rotatable bonds is 25. The highest BCUT2D eigenvalue weighted by atomic mass is 28.4. The minimum absolute atomic E-state index is 0.707. The predicted molar refractivity (Wildman–Crippen MR) is 149 cm³/mol. The minimum atomic E-state index is -2.62. The van der Waals surface area contributed by atoms with Gasteiger partial charge in [-0.25, -0.2) is 0 Å². The average molecular weight is 590 g/mol. The van der Waals surface area contributed by atoms with Crippen molar-refractivity contribution >= 4 is 35.0 Å². The van der Waals surface area contributed by atoms with Gasteiger partial charge in [-0.1, -0.05) is 5.70 Å². The second kappa shape index (κ2) is 19.2. The molecule has 0 heterocycles. The summed E-state index contributed by atoms with van der Waals surface area (Å²) >= 11 is 0. The molecule has 12 nitrogen and oxygen atoms in total. The molecule has 0 saturated carbocycles. The summed E-state index contributed by atoms with van der Waals surface area (Å²) in [5.41, 5.74) is 1.97. The lowest BCUT2D eigenvalue weighted by Crippen LogP contribution is -2.71. The van der Waals surface area contributed by atoms with Crippen molar-refractivity contribution in [3.05, 3.63) is 12.3 Å². The first-order chi connectivity index (χ1) is 17.2. The van der Waals surface area contributed by atoms with Crippen molar-refractivity contribution in [3.8, 4) is 0 Å². The Morgan fingerprint density at radius 2 is 0.694 bits per heavy atom. The van der Waals surface area contributed by atoms with Crippen LogP contribution in [0, 0.1) is 0 Å². The summed E-state index contributed by atoms with van der Waals surface area (Å²) in [5, 5.41) is 0. The van der Waals surface area contributed by atoms with Crippen molar-refractivity contribution in [1.82, 2.24) is 14.9 Å². The van der Waals surface area contributed by atoms with Gasteiger partial charge in [0.2, 0.25) is 0 Å². The lowest BCUT2D eigenvalue weighted by atomic mass is 10.5. The molecule has 0 aromatic rings. The summed E-state index contributed by atoms with van der Waals surface area (Å²) in [6.07, 6.45) is 2.48. The SMILES string of the molecule is C=C[Si](NCCC[Si](OC)(OC)OC)(NCCC[Si](OC)(OC)OC)NCCC[Si](OC)(OC)OC. The Bertz CT molecular complexity index is 478. The van der Waals surface area contributed by atoms with Gasteiger partial charge in [0.1, 0.15) is 0 Å². The van der Waals surface area contributed by atoms with Crippen LogP contribution >= 0.6 is 0 Å². The first kappa shape index (κ1) is 36.1. The van der Waals surface area contributed by atoms with E-state index in [9.17, 15) is 0 Å². The predicted octanol–water partition coefficient (Wildman–Crippen LogP) is 1.22. The molecule has 0 aromatic heterocycles. The van der Waals surface area contributed by atoms with Crippen molar-refractivity contribution in [2.45, 2.75) is 37.4 Å². The molecule has 0 aliphatic rings. The van der Waals surface area contributed by atoms with Gasteiger partial charge in [0.25, 0.3) is 0 Å². The lowest BCUT2D eigenvalue weighted by Gasteiger charge is -2.32. The summed E-state index contributed by atoms with van der Waals surface area (Å²) in [6, 6.07) is 2.12. The summed E-state index contributed by atoms with van der Waals surface area (Å²) in [6.45, 7) is 6.36. The van der Waals surface area contributed by atoms with Crippen LogP contribution in [0.1, 0.15) is 19.3 Å². The Hall–Kier alpha value is 0.128. The Labute approximate surface area is 223 Å². The largest absolute Gasteiger partial charge is 0.500 e. The van der Waals surface area contributed by atoms with Crippen LogP contribution in [0.2, 0.25) is 18.1 Å². The van der Waals surface area contributed by atoms with E-state index in [-0.39, 0.29) is 0 Å². The van der Waals surface area contributed by atoms with Gasteiger partial charge >= 0.3 is 35.0 Å². The number of hydrogen-bond acceptors (Lipinski definition) is 12. The van der Waals surface area contributed by atoms with Crippen LogP contribution < -0.4 is 14.9 Å². The highest BCUT2D eigenvalue weighted by Gasteiger charge is 2.40. The third-order valence-corrected chi connectivity index (χ3v) is 17.8. The van der Waals surface area contributed by atoms with Crippen LogP contribution in [0.15, 0.2) is 12.3 Å². The molecule has 0 atom stereocenters. The zero-order valence-corrected chi connectivity index (χ0v) is 27.8. The van der Waals surface area contributed by atoms with Gasteiger partial charge in [-0.15, -0.1) is 6.58 Å². The summed E-state index contributed by atoms with van der Waals surface area (Å²) in [7, 11) is 4.36. The molecule has 0 aromatic carbocycles. The molecule has 36 heavy (non-hydrogen) atoms. The molecule has 0 amide bonds. The monoisotopic (exact) mass is 589 g/mol. The van der Waals surface area contributed by atoms with E-state index in [2.05, 4.69) is 21.5 Å². The van der Waals surface area contributed by atoms with E-state index in [1.54, 1.807) is 64.0 Å². The highest BCUT2D eigenvalue weighted by Crippen LogP contribution is 2.17. The van der Waals surface area contributed by atoms with Crippen LogP contribution in [0.5, 0.6) is 0 Å². The average Bonchev–Trinajstić information content (AvgIpc) is 2.94. The third-order valence-electron chi connectivity index (χ3n) is 6.30. The molecule has 0 unspecified atom stereocenters. The molecule has 16 heteroatoms. The Morgan fingerprint density at radius 1 is 0.472 bits per heavy atom. The van der Waals surface area contributed by atoms with Gasteiger partial charge in [-0.2, -0.15) is 0 Å². The maximum atomic E-state index is 5.54. The van der Waals surface area contributed by atoms with Crippen LogP contribution in [0.3, 0.4) is 0 Å². The van der Waals surface area contributed by atoms with Gasteiger partial charge in [0.15, 0.2) is 0 Å². The fourth-order valence-electron chi connectivity index (χ4n) is 3.84. The van der Waals surface area contributed by atoms with E-state index in [4.69, 9.17) is 39.8 Å². The Balaban J connectivity index is 5.17. The standard InChI is InChI=1S/C20H51N3O9Si4/c1-11-33(21-15-12-18-34(24-2,25-3)26-4,22-16-13-19-35(27-5,28-6)29-7)23-17-14-20-36(30-8,31-9)32-10/h11,21-23H,1,12-20H2,2-10H3. The number of nitrogens with one attached hydrogen (secondary N) is 3. The summed E-state index contributed by atoms with van der Waals surface area (Å²) in [4.78, 5) is 11.1. The molecule has 216 valence electrons. The first-order valence-corrected chi connectivity index (χ1v) is 20.0. The summed E-state index contributed by atoms with van der Waals surface area (Å²) < 4.78 is 49.9. The van der Waals surface area contributed by atoms with E-state index >= 15 is 0 Å². The number of hydrogen-bond donors (Lipinski definition) is 3. The van der Waals surface area contributed by atoms with Crippen LogP contribution in [0.4, 0.5) is 0 Å². The molecule has 0 saturated heterocycles. The minimum Gasteiger partial charge on any atom is -0.377 e. The van der Waals surface area contributed by atoms with E-state index in [0.29, 0.717) is 18.1 Å². The molecule has 3 N–H and O–H groups in total. The molecule has 0 rings (SSSR count). The molecular formula is C20H51N3O9Si4. The highest BCUT2D eigenvalue weighted by molar-refractivity contribution is 6.77. The molecule has 0 bridgehead atoms. The zero-order valence-electron chi connectivity index (χ0n) is 23.8. The van der Waals surface area contributed by atoms with Crippen LogP contribution in [-0.2, 0) is 39.8 Å². The van der Waals surface area contributed by atoms with Gasteiger partial charge in [-0.05, 0) is 38.9 Å². The van der Waals surface area contributed by atoms with Crippen molar-refractivity contribution in [2.75, 3.05) is 83.6 Å². The Morgan fingerprint density at radius 3 is 0.861 bits per heavy atom. The Kier molecular flexibility index (Phi) is 19.3. The molecule has 0 aliphatic carbocycles. The van der Waals surface area contributed by atoms with Crippen LogP contribution in [-0.4, -0.2) is 119 Å². The van der Waals surface area contributed by atoms with Crippen molar-refractivity contribution in [2.24, 2.45) is 0 Å². The lowest BCUT2D eigenvalue weighted by molar-refractivity contribution is 0.122. The fraction of sp³-hybridized carbons (Fsp3) is 0.900. The van der Waals surface area contributed by atoms with E-state index in [0.717, 1.165) is 38.9 Å².